The fraction of sp³-hybridized carbons (Fsp3) is 0.222. The van der Waals surface area contributed by atoms with Crippen molar-refractivity contribution in [3.8, 4) is 0 Å². The molecule has 0 aliphatic rings. The summed E-state index contributed by atoms with van der Waals surface area (Å²) in [4.78, 5) is 15.2. The lowest BCUT2D eigenvalue weighted by atomic mass is 9.12. The highest BCUT2D eigenvalue weighted by Gasteiger charge is 2.47. The van der Waals surface area contributed by atoms with E-state index in [1.54, 1.807) is 17.0 Å². The number of benzene rings is 5. The SMILES string of the molecule is FC(F)(F)c1cc([B-](c2cc(C(F)(F)F)cc(C(F)(F)F)c2)(c2cc(C(F)(F)F)cc(C(F)(F)F)c2)c2cc(C(F)(F)F)cc(C(F)(F)F)c2)cc(C(F)(F)F)c1.O=C(CF)c1cncc[n+]1Cc1ccccc1. The van der Waals surface area contributed by atoms with Crippen LogP contribution in [0, 0.1) is 0 Å². The Kier molecular flexibility index (Phi) is 15.8. The summed E-state index contributed by atoms with van der Waals surface area (Å²) in [5, 5.41) is 0. The summed E-state index contributed by atoms with van der Waals surface area (Å²) in [7, 11) is 0. The summed E-state index contributed by atoms with van der Waals surface area (Å²) in [6.45, 7) is -0.467. The van der Waals surface area contributed by atoms with Crippen molar-refractivity contribution in [2.24, 2.45) is 0 Å². The Balaban J connectivity index is 0.000000500. The van der Waals surface area contributed by atoms with Crippen LogP contribution in [0.25, 0.3) is 0 Å². The van der Waals surface area contributed by atoms with Crippen LogP contribution in [0.5, 0.6) is 0 Å². The van der Waals surface area contributed by atoms with Crippen LogP contribution in [0.3, 0.4) is 0 Å². The molecule has 0 fully saturated rings. The van der Waals surface area contributed by atoms with Crippen molar-refractivity contribution in [2.45, 2.75) is 56.0 Å². The number of hydrogen-bond acceptors (Lipinski definition) is 2. The number of ketones is 1. The van der Waals surface area contributed by atoms with Crippen molar-refractivity contribution in [2.75, 3.05) is 6.67 Å². The minimum absolute atomic E-state index is 0.291. The normalized spacial score (nSPS) is 13.4. The van der Waals surface area contributed by atoms with Crippen LogP contribution < -0.4 is 26.4 Å². The second-order valence-corrected chi connectivity index (χ2v) is 15.9. The van der Waals surface area contributed by atoms with Crippen LogP contribution in [0.4, 0.5) is 110 Å². The van der Waals surface area contributed by atoms with Gasteiger partial charge in [-0.1, -0.05) is 78.9 Å². The number of halogens is 25. The second kappa shape index (κ2) is 20.1. The molecule has 6 rings (SSSR count). The average Bonchev–Trinajstić information content (AvgIpc) is 3.27. The molecule has 0 amide bonds. The van der Waals surface area contributed by atoms with Gasteiger partial charge in [-0.15, -0.1) is 0 Å². The molecular weight excluding hydrogens is 1070 g/mol. The first-order valence-electron chi connectivity index (χ1n) is 19.9. The third-order valence-electron chi connectivity index (χ3n) is 10.9. The summed E-state index contributed by atoms with van der Waals surface area (Å²) < 4.78 is 355. The summed E-state index contributed by atoms with van der Waals surface area (Å²) in [6, 6.07) is 0.874. The molecule has 1 heterocycles. The van der Waals surface area contributed by atoms with Crippen LogP contribution in [-0.4, -0.2) is 23.6 Å². The van der Waals surface area contributed by atoms with Crippen molar-refractivity contribution in [3.05, 3.63) is 177 Å². The van der Waals surface area contributed by atoms with Gasteiger partial charge in [0.1, 0.15) is 12.3 Å². The lowest BCUT2D eigenvalue weighted by Crippen LogP contribution is -2.75. The zero-order valence-electron chi connectivity index (χ0n) is 35.8. The fourth-order valence-electron chi connectivity index (χ4n) is 7.68. The Morgan fingerprint density at radius 3 is 0.892 bits per heavy atom. The first kappa shape index (κ1) is 58.1. The van der Waals surface area contributed by atoms with Crippen LogP contribution in [0.2, 0.25) is 0 Å². The molecule has 74 heavy (non-hydrogen) atoms. The second-order valence-electron chi connectivity index (χ2n) is 15.9. The molecule has 0 spiro atoms. The Hall–Kier alpha value is -6.84. The maximum Gasteiger partial charge on any atom is 0.416 e. The molecular formula is C45H24BF25N2O. The zero-order valence-corrected chi connectivity index (χ0v) is 35.8. The van der Waals surface area contributed by atoms with E-state index in [4.69, 9.17) is 0 Å². The third-order valence-corrected chi connectivity index (χ3v) is 10.9. The van der Waals surface area contributed by atoms with Crippen molar-refractivity contribution in [3.63, 3.8) is 0 Å². The van der Waals surface area contributed by atoms with Gasteiger partial charge in [-0.25, -0.2) is 4.39 Å². The molecule has 0 saturated heterocycles. The van der Waals surface area contributed by atoms with E-state index in [1.165, 1.54) is 6.20 Å². The van der Waals surface area contributed by atoms with Crippen LogP contribution >= 0.6 is 0 Å². The average molecular weight is 1090 g/mol. The van der Waals surface area contributed by atoms with Gasteiger partial charge >= 0.3 is 49.4 Å². The highest BCUT2D eigenvalue weighted by atomic mass is 19.4. The Morgan fingerprint density at radius 1 is 0.405 bits per heavy atom. The smallest absolute Gasteiger partial charge is 0.284 e. The minimum atomic E-state index is -6.13. The quantitative estimate of drug-likeness (QED) is 0.0659. The molecule has 0 aliphatic heterocycles. The van der Waals surface area contributed by atoms with Gasteiger partial charge in [-0.2, -0.15) is 132 Å². The molecule has 0 N–H and O–H groups in total. The first-order chi connectivity index (χ1) is 33.6. The van der Waals surface area contributed by atoms with Crippen molar-refractivity contribution in [1.29, 1.82) is 0 Å². The number of nitrogens with zero attached hydrogens (tertiary/aromatic N) is 2. The molecule has 0 aliphatic carbocycles. The van der Waals surface area contributed by atoms with E-state index in [2.05, 4.69) is 4.98 Å². The number of alkyl halides is 25. The first-order valence-corrected chi connectivity index (χ1v) is 19.9. The molecule has 0 radical (unpaired) electrons. The van der Waals surface area contributed by atoms with Gasteiger partial charge in [0.2, 0.25) is 0 Å². The van der Waals surface area contributed by atoms with Gasteiger partial charge in [0, 0.05) is 5.56 Å². The number of aromatic nitrogens is 2. The maximum absolute atomic E-state index is 14.2. The van der Waals surface area contributed by atoms with Crippen LogP contribution in [0.1, 0.15) is 60.6 Å². The van der Waals surface area contributed by atoms with Gasteiger partial charge < -0.3 is 0 Å². The van der Waals surface area contributed by atoms with Gasteiger partial charge in [0.05, 0.1) is 50.7 Å². The number of rotatable bonds is 8. The number of Topliss-reactive ketones (excluding diaryl/α,β-unsaturated/α-hetero) is 1. The fourth-order valence-corrected chi connectivity index (χ4v) is 7.68. The predicted octanol–water partition coefficient (Wildman–Crippen LogP) is 12.8. The summed E-state index contributed by atoms with van der Waals surface area (Å²) in [5.41, 5.74) is -28.9. The molecule has 29 heteroatoms. The van der Waals surface area contributed by atoms with E-state index >= 15 is 0 Å². The molecule has 398 valence electrons. The highest BCUT2D eigenvalue weighted by Crippen LogP contribution is 2.41. The van der Waals surface area contributed by atoms with Gasteiger partial charge in [-0.05, 0) is 24.3 Å². The van der Waals surface area contributed by atoms with E-state index in [0.29, 0.717) is 12.2 Å². The van der Waals surface area contributed by atoms with Crippen molar-refractivity contribution >= 4 is 33.8 Å². The monoisotopic (exact) mass is 1090 g/mol. The summed E-state index contributed by atoms with van der Waals surface area (Å²) in [5.74, 6) is -0.547. The van der Waals surface area contributed by atoms with Crippen molar-refractivity contribution in [1.82, 2.24) is 4.98 Å². The lowest BCUT2D eigenvalue weighted by Gasteiger charge is -2.46. The maximum atomic E-state index is 14.2. The number of hydrogen-bond donors (Lipinski definition) is 0. The molecule has 0 unspecified atom stereocenters. The predicted molar refractivity (Wildman–Crippen MR) is 210 cm³/mol. The van der Waals surface area contributed by atoms with Gasteiger partial charge in [-0.3, -0.25) is 9.78 Å². The van der Waals surface area contributed by atoms with Crippen molar-refractivity contribution < 1.29 is 119 Å². The molecule has 3 nitrogen and oxygen atoms in total. The van der Waals surface area contributed by atoms with E-state index < -0.39 is 207 Å². The molecule has 5 aromatic carbocycles. The lowest BCUT2D eigenvalue weighted by molar-refractivity contribution is -0.690. The topological polar surface area (TPSA) is 33.8 Å². The molecule has 1 aromatic heterocycles. The van der Waals surface area contributed by atoms with E-state index in [9.17, 15) is 115 Å². The Bertz CT molecular complexity index is 2540. The summed E-state index contributed by atoms with van der Waals surface area (Å²) in [6.07, 6.45) is -50.2. The van der Waals surface area contributed by atoms with Gasteiger partial charge in [0.15, 0.2) is 19.4 Å². The number of carbonyl (C=O) groups is 1. The Morgan fingerprint density at radius 2 is 0.662 bits per heavy atom. The summed E-state index contributed by atoms with van der Waals surface area (Å²) >= 11 is 0. The van der Waals surface area contributed by atoms with E-state index in [-0.39, 0.29) is 0 Å². The molecule has 0 atom stereocenters. The zero-order chi connectivity index (χ0) is 56.0. The van der Waals surface area contributed by atoms with Crippen LogP contribution in [-0.2, 0) is 56.0 Å². The molecule has 6 aromatic rings. The molecule has 0 bridgehead atoms. The minimum Gasteiger partial charge on any atom is -0.284 e. The van der Waals surface area contributed by atoms with E-state index in [1.807, 2.05) is 30.3 Å². The van der Waals surface area contributed by atoms with E-state index in [0.717, 1.165) is 5.56 Å². The number of carbonyl (C=O) groups excluding carboxylic acids is 1. The van der Waals surface area contributed by atoms with Crippen LogP contribution in [0.15, 0.2) is 122 Å². The third kappa shape index (κ3) is 13.3. The van der Waals surface area contributed by atoms with Gasteiger partial charge in [0.25, 0.3) is 11.5 Å². The Labute approximate surface area is 397 Å². The highest BCUT2D eigenvalue weighted by molar-refractivity contribution is 7.20. The molecule has 0 saturated carbocycles. The standard InChI is InChI=1S/C32H12BF24.C13H12FN2O/c34-25(35,36)13-1-14(26(37,38)39)6-21(5-13)33(22-7-15(27(40,41)42)2-16(8-22)28(43,44)45,23-9-17(29(46,47)48)3-18(10-23)30(49,50)51)24-11-19(31(52,53)54)4-20(12-24)32(55,56)57;14-8-13(17)12-9-15-6-7-16(12)10-11-4-2-1-3-5-11/h1-12H;1-7,9H,8,10H2/q-1;+1. The largest absolute Gasteiger partial charge is 0.416 e.